The normalized spacial score (nSPS) is 19.0. The predicted molar refractivity (Wildman–Crippen MR) is 73.1 cm³/mol. The van der Waals surface area contributed by atoms with Crippen LogP contribution < -0.4 is 11.1 Å². The number of hydrogen-bond donors (Lipinski definition) is 2. The number of nitrogens with one attached hydrogen (secondary N) is 1. The van der Waals surface area contributed by atoms with Gasteiger partial charge >= 0.3 is 6.18 Å². The van der Waals surface area contributed by atoms with Gasteiger partial charge in [0.15, 0.2) is 0 Å². The first-order valence-corrected chi connectivity index (χ1v) is 6.74. The van der Waals surface area contributed by atoms with Gasteiger partial charge in [0.2, 0.25) is 11.8 Å². The summed E-state index contributed by atoms with van der Waals surface area (Å²) in [6, 6.07) is 2.68. The average Bonchev–Trinajstić information content (AvgIpc) is 2.67. The Bertz CT molecular complexity index is 646. The molecule has 1 heterocycles. The number of nitrogens with two attached hydrogens (primary N) is 1. The Morgan fingerprint density at radius 3 is 2.61 bits per heavy atom. The second kappa shape index (κ2) is 6.27. The van der Waals surface area contributed by atoms with Crippen LogP contribution >= 0.6 is 0 Å². The van der Waals surface area contributed by atoms with Crippen molar-refractivity contribution in [3.05, 3.63) is 35.4 Å². The summed E-state index contributed by atoms with van der Waals surface area (Å²) in [4.78, 5) is 36.5. The number of amides is 3. The Labute approximate surface area is 129 Å². The molecule has 0 aromatic heterocycles. The van der Waals surface area contributed by atoms with E-state index in [0.29, 0.717) is 6.07 Å². The molecule has 1 unspecified atom stereocenters. The molecule has 124 valence electrons. The highest BCUT2D eigenvalue weighted by Gasteiger charge is 2.35. The summed E-state index contributed by atoms with van der Waals surface area (Å²) in [6.45, 7) is 0.0712. The van der Waals surface area contributed by atoms with Gasteiger partial charge in [-0.1, -0.05) is 6.07 Å². The summed E-state index contributed by atoms with van der Waals surface area (Å²) in [5.41, 5.74) is 4.02. The first kappa shape index (κ1) is 16.8. The summed E-state index contributed by atoms with van der Waals surface area (Å²) in [7, 11) is 0. The van der Waals surface area contributed by atoms with Crippen LogP contribution in [0.4, 0.5) is 13.2 Å². The van der Waals surface area contributed by atoms with Crippen molar-refractivity contribution in [2.45, 2.75) is 18.6 Å². The minimum absolute atomic E-state index is 0.0194. The Balaban J connectivity index is 2.34. The highest BCUT2D eigenvalue weighted by molar-refractivity contribution is 5.99. The van der Waals surface area contributed by atoms with Crippen molar-refractivity contribution in [2.24, 2.45) is 5.73 Å². The lowest BCUT2D eigenvalue weighted by atomic mass is 10.1. The van der Waals surface area contributed by atoms with Crippen LogP contribution in [-0.2, 0) is 15.8 Å². The number of benzene rings is 1. The second-order valence-electron chi connectivity index (χ2n) is 5.05. The number of hydrogen-bond acceptors (Lipinski definition) is 3. The SMILES string of the molecule is NC(=O)C1CC(=O)NCCN1C(=O)c1cccc(C(F)(F)F)c1. The van der Waals surface area contributed by atoms with E-state index >= 15 is 0 Å². The van der Waals surface area contributed by atoms with E-state index in [1.807, 2.05) is 0 Å². The van der Waals surface area contributed by atoms with E-state index in [2.05, 4.69) is 5.32 Å². The average molecular weight is 329 g/mol. The van der Waals surface area contributed by atoms with Crippen molar-refractivity contribution in [3.8, 4) is 0 Å². The quantitative estimate of drug-likeness (QED) is 0.828. The van der Waals surface area contributed by atoms with Gasteiger partial charge < -0.3 is 16.0 Å². The third-order valence-corrected chi connectivity index (χ3v) is 3.46. The van der Waals surface area contributed by atoms with E-state index in [9.17, 15) is 27.6 Å². The smallest absolute Gasteiger partial charge is 0.368 e. The molecule has 1 aromatic rings. The Hall–Kier alpha value is -2.58. The second-order valence-corrected chi connectivity index (χ2v) is 5.05. The molecular formula is C14H14F3N3O3. The van der Waals surface area contributed by atoms with Gasteiger partial charge in [0, 0.05) is 18.7 Å². The van der Waals surface area contributed by atoms with E-state index in [4.69, 9.17) is 5.73 Å². The number of rotatable bonds is 2. The molecule has 0 spiro atoms. The van der Waals surface area contributed by atoms with Crippen molar-refractivity contribution in [1.29, 1.82) is 0 Å². The molecule has 3 N–H and O–H groups in total. The van der Waals surface area contributed by atoms with E-state index < -0.39 is 35.5 Å². The van der Waals surface area contributed by atoms with Gasteiger partial charge in [-0.15, -0.1) is 0 Å². The number of nitrogens with zero attached hydrogens (tertiary/aromatic N) is 1. The molecule has 1 atom stereocenters. The molecule has 2 rings (SSSR count). The Morgan fingerprint density at radius 2 is 2.00 bits per heavy atom. The number of carbonyl (C=O) groups is 3. The largest absolute Gasteiger partial charge is 0.416 e. The molecule has 9 heteroatoms. The molecule has 0 radical (unpaired) electrons. The molecule has 0 bridgehead atoms. The zero-order valence-electron chi connectivity index (χ0n) is 11.9. The number of primary amides is 1. The van der Waals surface area contributed by atoms with Gasteiger partial charge in [0.1, 0.15) is 6.04 Å². The molecule has 6 nitrogen and oxygen atoms in total. The van der Waals surface area contributed by atoms with Gasteiger partial charge in [-0.2, -0.15) is 13.2 Å². The number of carbonyl (C=O) groups excluding carboxylic acids is 3. The van der Waals surface area contributed by atoms with E-state index in [1.54, 1.807) is 0 Å². The highest BCUT2D eigenvalue weighted by atomic mass is 19.4. The minimum atomic E-state index is -4.59. The van der Waals surface area contributed by atoms with E-state index in [-0.39, 0.29) is 25.1 Å². The van der Waals surface area contributed by atoms with Crippen LogP contribution in [0.1, 0.15) is 22.3 Å². The molecule has 0 saturated carbocycles. The zero-order valence-corrected chi connectivity index (χ0v) is 11.9. The lowest BCUT2D eigenvalue weighted by molar-refractivity contribution is -0.137. The molecule has 3 amide bonds. The van der Waals surface area contributed by atoms with Crippen molar-refractivity contribution in [2.75, 3.05) is 13.1 Å². The van der Waals surface area contributed by atoms with Gasteiger partial charge in [-0.05, 0) is 18.2 Å². The van der Waals surface area contributed by atoms with Gasteiger partial charge in [-0.3, -0.25) is 14.4 Å². The monoisotopic (exact) mass is 329 g/mol. The third kappa shape index (κ3) is 3.79. The van der Waals surface area contributed by atoms with Crippen LogP contribution in [0.5, 0.6) is 0 Å². The van der Waals surface area contributed by atoms with E-state index in [0.717, 1.165) is 17.0 Å². The first-order valence-electron chi connectivity index (χ1n) is 6.74. The summed E-state index contributed by atoms with van der Waals surface area (Å²) in [6.07, 6.45) is -4.91. The Morgan fingerprint density at radius 1 is 1.30 bits per heavy atom. The fourth-order valence-electron chi connectivity index (χ4n) is 2.32. The zero-order chi connectivity index (χ0) is 17.2. The fourth-order valence-corrected chi connectivity index (χ4v) is 2.32. The van der Waals surface area contributed by atoms with Gasteiger partial charge in [-0.25, -0.2) is 0 Å². The summed E-state index contributed by atoms with van der Waals surface area (Å²) in [5.74, 6) is -2.12. The predicted octanol–water partition coefficient (Wildman–Crippen LogP) is 0.521. The first-order chi connectivity index (χ1) is 10.7. The number of alkyl halides is 3. The molecule has 1 aliphatic heterocycles. The topological polar surface area (TPSA) is 92.5 Å². The van der Waals surface area contributed by atoms with Crippen LogP contribution in [0.25, 0.3) is 0 Å². The summed E-state index contributed by atoms with van der Waals surface area (Å²) >= 11 is 0. The number of halogens is 3. The molecule has 1 saturated heterocycles. The lowest BCUT2D eigenvalue weighted by Crippen LogP contribution is -2.48. The molecule has 1 aromatic carbocycles. The van der Waals surface area contributed by atoms with Crippen molar-refractivity contribution < 1.29 is 27.6 Å². The lowest BCUT2D eigenvalue weighted by Gasteiger charge is -2.27. The summed E-state index contributed by atoms with van der Waals surface area (Å²) in [5, 5.41) is 2.48. The maximum Gasteiger partial charge on any atom is 0.416 e. The van der Waals surface area contributed by atoms with Gasteiger partial charge in [0.05, 0.1) is 12.0 Å². The van der Waals surface area contributed by atoms with Crippen LogP contribution in [0.15, 0.2) is 24.3 Å². The molecule has 0 aliphatic carbocycles. The van der Waals surface area contributed by atoms with Crippen LogP contribution in [0.2, 0.25) is 0 Å². The maximum absolute atomic E-state index is 12.7. The van der Waals surface area contributed by atoms with Gasteiger partial charge in [0.25, 0.3) is 5.91 Å². The van der Waals surface area contributed by atoms with Crippen LogP contribution in [0, 0.1) is 0 Å². The van der Waals surface area contributed by atoms with Crippen LogP contribution in [0.3, 0.4) is 0 Å². The molecule has 23 heavy (non-hydrogen) atoms. The Kier molecular flexibility index (Phi) is 4.57. The van der Waals surface area contributed by atoms with E-state index in [1.165, 1.54) is 6.07 Å². The summed E-state index contributed by atoms with van der Waals surface area (Å²) < 4.78 is 38.2. The van der Waals surface area contributed by atoms with Crippen molar-refractivity contribution in [1.82, 2.24) is 10.2 Å². The van der Waals surface area contributed by atoms with Crippen molar-refractivity contribution in [3.63, 3.8) is 0 Å². The molecular weight excluding hydrogens is 315 g/mol. The third-order valence-electron chi connectivity index (χ3n) is 3.46. The fraction of sp³-hybridized carbons (Fsp3) is 0.357. The van der Waals surface area contributed by atoms with Crippen LogP contribution in [-0.4, -0.2) is 41.8 Å². The molecule has 1 fully saturated rings. The maximum atomic E-state index is 12.7. The van der Waals surface area contributed by atoms with Crippen molar-refractivity contribution >= 4 is 17.7 Å². The standard InChI is InChI=1S/C14H14F3N3O3/c15-14(16,17)9-3-1-2-8(6-9)13(23)20-5-4-19-11(21)7-10(20)12(18)22/h1-3,6,10H,4-5,7H2,(H2,18,22)(H,19,21). The minimum Gasteiger partial charge on any atom is -0.368 e. The molecule has 1 aliphatic rings. The highest BCUT2D eigenvalue weighted by Crippen LogP contribution is 2.30.